The van der Waals surface area contributed by atoms with E-state index in [1.165, 1.54) is 15.9 Å². The quantitative estimate of drug-likeness (QED) is 0.150. The number of thiophene rings is 1. The predicted molar refractivity (Wildman–Crippen MR) is 205 cm³/mol. The molecule has 0 aromatic carbocycles. The van der Waals surface area contributed by atoms with Crippen molar-refractivity contribution in [3.63, 3.8) is 0 Å². The maximum Gasteiger partial charge on any atom is 0.303 e. The van der Waals surface area contributed by atoms with Crippen LogP contribution in [0.3, 0.4) is 0 Å². The lowest BCUT2D eigenvalue weighted by molar-refractivity contribution is -0.341. The van der Waals surface area contributed by atoms with E-state index in [1.807, 2.05) is 0 Å². The highest BCUT2D eigenvalue weighted by Crippen LogP contribution is 2.41. The largest absolute Gasteiger partial charge is 0.463 e. The second-order valence-corrected chi connectivity index (χ2v) is 16.3. The Morgan fingerprint density at radius 3 is 1.72 bits per heavy atom. The average molecular weight is 885 g/mol. The Kier molecular flexibility index (Phi) is 15.7. The number of rotatable bonds is 14. The van der Waals surface area contributed by atoms with E-state index >= 15 is 0 Å². The molecule has 20 nitrogen and oxygen atoms in total. The fourth-order valence-electron chi connectivity index (χ4n) is 7.26. The van der Waals surface area contributed by atoms with E-state index in [4.69, 9.17) is 52.4 Å². The van der Waals surface area contributed by atoms with Crippen LogP contribution in [0.5, 0.6) is 0 Å². The number of carbonyl (C=O) groups is 7. The first-order valence-corrected chi connectivity index (χ1v) is 20.9. The Morgan fingerprint density at radius 1 is 0.667 bits per heavy atom. The van der Waals surface area contributed by atoms with Crippen LogP contribution in [0.4, 0.5) is 0 Å². The summed E-state index contributed by atoms with van der Waals surface area (Å²) < 4.78 is 59.2. The Bertz CT molecular complexity index is 2030. The number of aromatic nitrogens is 2. The SMILES string of the molecule is CCn1c(S[C@@H]2O[C@@H](COC(C)=O)[C@H](O[C@H]3O[C@@H](COC(C)=O)[C@@H](OC(C)=O)[C@@H](OC(C)=O)[C@@H]3OC(C)=O)[C@@H](OC(C)=O)[C@@H]2OC(C)=O)nc2sc3c(c2c1=O)CCCC3. The van der Waals surface area contributed by atoms with Gasteiger partial charge in [0.1, 0.15) is 36.4 Å². The van der Waals surface area contributed by atoms with Crippen molar-refractivity contribution in [2.24, 2.45) is 0 Å². The van der Waals surface area contributed by atoms with Crippen molar-refractivity contribution in [2.75, 3.05) is 13.2 Å². The number of esters is 7. The summed E-state index contributed by atoms with van der Waals surface area (Å²) >= 11 is 2.34. The molecule has 2 aromatic heterocycles. The van der Waals surface area contributed by atoms with Gasteiger partial charge in [-0.3, -0.25) is 42.9 Å². The lowest BCUT2D eigenvalue weighted by Crippen LogP contribution is -2.66. The van der Waals surface area contributed by atoms with Crippen molar-refractivity contribution in [3.8, 4) is 0 Å². The molecule has 1 aliphatic carbocycles. The van der Waals surface area contributed by atoms with Crippen molar-refractivity contribution in [3.05, 3.63) is 20.8 Å². The van der Waals surface area contributed by atoms with Crippen LogP contribution < -0.4 is 5.56 Å². The summed E-state index contributed by atoms with van der Waals surface area (Å²) in [6, 6.07) is 0. The average Bonchev–Trinajstić information content (AvgIpc) is 3.52. The van der Waals surface area contributed by atoms with Crippen LogP contribution >= 0.6 is 23.1 Å². The maximum atomic E-state index is 14.0. The number of thioether (sulfide) groups is 1. The normalized spacial score (nSPS) is 27.5. The lowest BCUT2D eigenvalue weighted by atomic mass is 9.96. The number of aryl methyl sites for hydroxylation is 2. The molecule has 0 radical (unpaired) electrons. The molecule has 2 fully saturated rings. The molecule has 5 rings (SSSR count). The van der Waals surface area contributed by atoms with Gasteiger partial charge in [-0.2, -0.15) is 0 Å². The summed E-state index contributed by atoms with van der Waals surface area (Å²) in [6.07, 6.45) is -10.7. The highest BCUT2D eigenvalue weighted by molar-refractivity contribution is 7.99. The summed E-state index contributed by atoms with van der Waals surface area (Å²) in [5.41, 5.74) is -0.573. The summed E-state index contributed by atoms with van der Waals surface area (Å²) in [5.74, 6) is -5.89. The third-order valence-electron chi connectivity index (χ3n) is 9.46. The van der Waals surface area contributed by atoms with Crippen molar-refractivity contribution in [2.45, 2.75) is 153 Å². The van der Waals surface area contributed by atoms with Crippen molar-refractivity contribution in [1.29, 1.82) is 0 Å². The van der Waals surface area contributed by atoms with Gasteiger partial charge >= 0.3 is 41.8 Å². The minimum absolute atomic E-state index is 0.197. The zero-order valence-corrected chi connectivity index (χ0v) is 35.9. The monoisotopic (exact) mass is 884 g/mol. The molecule has 22 heteroatoms. The molecule has 3 aliphatic rings. The van der Waals surface area contributed by atoms with Crippen LogP contribution in [0.1, 0.15) is 78.7 Å². The molecule has 0 saturated carbocycles. The zero-order valence-electron chi connectivity index (χ0n) is 34.3. The molecule has 0 N–H and O–H groups in total. The van der Waals surface area contributed by atoms with Gasteiger partial charge in [0.15, 0.2) is 47.4 Å². The zero-order chi connectivity index (χ0) is 44.0. The van der Waals surface area contributed by atoms with Crippen LogP contribution in [0, 0.1) is 0 Å². The molecule has 0 amide bonds. The van der Waals surface area contributed by atoms with Crippen molar-refractivity contribution >= 4 is 75.1 Å². The summed E-state index contributed by atoms with van der Waals surface area (Å²) in [7, 11) is 0. The molecule has 2 aromatic rings. The van der Waals surface area contributed by atoms with E-state index in [-0.39, 0.29) is 17.3 Å². The van der Waals surface area contributed by atoms with Crippen molar-refractivity contribution < 1.29 is 80.9 Å². The first-order chi connectivity index (χ1) is 28.4. The summed E-state index contributed by atoms with van der Waals surface area (Å²) in [6.45, 7) is 8.40. The topological polar surface area (TPSA) is 247 Å². The van der Waals surface area contributed by atoms with Gasteiger partial charge in [0.2, 0.25) is 0 Å². The third kappa shape index (κ3) is 11.2. The van der Waals surface area contributed by atoms with Crippen LogP contribution in [-0.4, -0.2) is 125 Å². The molecule has 2 saturated heterocycles. The van der Waals surface area contributed by atoms with E-state index in [1.54, 1.807) is 6.92 Å². The summed E-state index contributed by atoms with van der Waals surface area (Å²) in [4.78, 5) is 108. The van der Waals surface area contributed by atoms with Crippen LogP contribution in [0.2, 0.25) is 0 Å². The second-order valence-electron chi connectivity index (χ2n) is 14.1. The molecular formula is C38H48N2O18S2. The Labute approximate surface area is 352 Å². The summed E-state index contributed by atoms with van der Waals surface area (Å²) in [5, 5.41) is 0.744. The third-order valence-corrected chi connectivity index (χ3v) is 11.8. The Morgan fingerprint density at radius 2 is 1.17 bits per heavy atom. The fourth-order valence-corrected chi connectivity index (χ4v) is 9.80. The first kappa shape index (κ1) is 46.4. The molecule has 330 valence electrons. The van der Waals surface area contributed by atoms with Crippen LogP contribution in [0.25, 0.3) is 10.2 Å². The second kappa shape index (κ2) is 20.3. The molecule has 4 heterocycles. The van der Waals surface area contributed by atoms with Gasteiger partial charge in [-0.1, -0.05) is 11.8 Å². The van der Waals surface area contributed by atoms with Crippen molar-refractivity contribution in [1.82, 2.24) is 9.55 Å². The van der Waals surface area contributed by atoms with Crippen LogP contribution in [-0.2, 0) is 100 Å². The van der Waals surface area contributed by atoms with Gasteiger partial charge in [0.25, 0.3) is 5.56 Å². The molecule has 2 aliphatic heterocycles. The van der Waals surface area contributed by atoms with E-state index in [0.717, 1.165) is 96.4 Å². The smallest absolute Gasteiger partial charge is 0.303 e. The Hall–Kier alpha value is -4.64. The number of ether oxygens (including phenoxy) is 10. The molecule has 10 atom stereocenters. The number of hydrogen-bond acceptors (Lipinski definition) is 21. The standard InChI is InChI=1S/C38H48N2O18S2/c1-9-40-35(48)27-23-12-10-11-13-26(23)59-34(27)39-38(40)60-37-33(55-22(8)47)31(53-20(6)45)29(25(57-37)15-50-17(3)42)58-36-32(54-21(7)46)30(52-19(5)44)28(51-18(4)43)24(56-36)14-49-16(2)41/h24-25,28-33,36-37H,9-15H2,1-8H3/t24-,25-,28+,29-,30+,31+,32-,33-,36+,37-/m0/s1. The number of nitrogens with zero attached hydrogens (tertiary/aromatic N) is 2. The minimum atomic E-state index is -1.82. The van der Waals surface area contributed by atoms with Crippen LogP contribution in [0.15, 0.2) is 9.95 Å². The highest BCUT2D eigenvalue weighted by atomic mass is 32.2. The fraction of sp³-hybridized carbons (Fsp3) is 0.658. The Balaban J connectivity index is 1.62. The van der Waals surface area contributed by atoms with Gasteiger partial charge in [0.05, 0.1) is 5.39 Å². The van der Waals surface area contributed by atoms with Gasteiger partial charge < -0.3 is 47.4 Å². The van der Waals surface area contributed by atoms with Gasteiger partial charge in [-0.05, 0) is 38.2 Å². The van der Waals surface area contributed by atoms with Gasteiger partial charge in [-0.25, -0.2) is 4.98 Å². The predicted octanol–water partition coefficient (Wildman–Crippen LogP) is 2.07. The molecule has 0 bridgehead atoms. The molecule has 60 heavy (non-hydrogen) atoms. The maximum absolute atomic E-state index is 14.0. The van der Waals surface area contributed by atoms with E-state index in [2.05, 4.69) is 0 Å². The highest BCUT2D eigenvalue weighted by Gasteiger charge is 2.57. The molecule has 0 spiro atoms. The van der Waals surface area contributed by atoms with E-state index in [0.29, 0.717) is 10.2 Å². The number of carbonyl (C=O) groups excluding carboxylic acids is 7. The molecular weight excluding hydrogens is 837 g/mol. The van der Waals surface area contributed by atoms with E-state index < -0.39 is 116 Å². The lowest BCUT2D eigenvalue weighted by Gasteiger charge is -2.48. The number of fused-ring (bicyclic) bond motifs is 3. The molecule has 0 unspecified atom stereocenters. The van der Waals surface area contributed by atoms with Gasteiger partial charge in [-0.15, -0.1) is 11.3 Å². The van der Waals surface area contributed by atoms with E-state index in [9.17, 15) is 38.4 Å². The van der Waals surface area contributed by atoms with Gasteiger partial charge in [0, 0.05) is 59.9 Å². The first-order valence-electron chi connectivity index (χ1n) is 19.2. The minimum Gasteiger partial charge on any atom is -0.463 e. The number of hydrogen-bond donors (Lipinski definition) is 0.